The average molecular weight is 597 g/mol. The molecule has 42 heavy (non-hydrogen) atoms. The maximum absolute atomic E-state index is 11.7. The maximum Gasteiger partial charge on any atom is 0.334 e. The van der Waals surface area contributed by atoms with Crippen LogP contribution in [0.15, 0.2) is 11.6 Å². The minimum Gasteiger partial charge on any atom is -0.455 e. The summed E-state index contributed by atoms with van der Waals surface area (Å²) in [4.78, 5) is 11.7. The molecule has 0 radical (unpaired) electrons. The van der Waals surface area contributed by atoms with E-state index in [1.54, 1.807) is 6.08 Å². The van der Waals surface area contributed by atoms with E-state index in [2.05, 4.69) is 6.92 Å². The van der Waals surface area contributed by atoms with E-state index < -0.39 is 18.3 Å². The van der Waals surface area contributed by atoms with E-state index in [0.29, 0.717) is 24.8 Å². The summed E-state index contributed by atoms with van der Waals surface area (Å²) in [5, 5.41) is 41.7. The first-order valence-corrected chi connectivity index (χ1v) is 17.6. The lowest BCUT2D eigenvalue weighted by Gasteiger charge is -2.22. The number of carbonyl (C=O) groups excluding carboxylic acids is 1. The number of cyclic esters (lactones) is 1. The van der Waals surface area contributed by atoms with E-state index in [9.17, 15) is 25.2 Å². The largest absolute Gasteiger partial charge is 0.455 e. The topological polar surface area (TPSA) is 116 Å². The smallest absolute Gasteiger partial charge is 0.334 e. The molecular formula is C35H64O7. The van der Waals surface area contributed by atoms with Crippen LogP contribution in [-0.2, 0) is 14.3 Å². The van der Waals surface area contributed by atoms with Crippen molar-refractivity contribution in [3.05, 3.63) is 11.6 Å². The van der Waals surface area contributed by atoms with Crippen LogP contribution in [0.2, 0.25) is 0 Å². The fraction of sp³-hybridized carbons (Fsp3) is 0.914. The average Bonchev–Trinajstić information content (AvgIpc) is 3.58. The molecule has 0 bridgehead atoms. The number of hydrogen-bond donors (Lipinski definition) is 4. The molecule has 4 N–H and O–H groups in total. The van der Waals surface area contributed by atoms with Gasteiger partial charge >= 0.3 is 5.97 Å². The van der Waals surface area contributed by atoms with Crippen molar-refractivity contribution >= 4 is 5.97 Å². The summed E-state index contributed by atoms with van der Waals surface area (Å²) in [5.41, 5.74) is 0.566. The van der Waals surface area contributed by atoms with Crippen LogP contribution in [0.25, 0.3) is 0 Å². The van der Waals surface area contributed by atoms with Crippen LogP contribution >= 0.6 is 0 Å². The van der Waals surface area contributed by atoms with E-state index in [0.717, 1.165) is 70.6 Å². The lowest BCUT2D eigenvalue weighted by atomic mass is 9.99. The third-order valence-corrected chi connectivity index (χ3v) is 9.11. The zero-order chi connectivity index (χ0) is 30.6. The predicted molar refractivity (Wildman–Crippen MR) is 168 cm³/mol. The molecule has 0 aromatic heterocycles. The number of hydrogen-bond acceptors (Lipinski definition) is 7. The molecule has 246 valence electrons. The van der Waals surface area contributed by atoms with Crippen LogP contribution in [0.3, 0.4) is 0 Å². The highest BCUT2D eigenvalue weighted by Crippen LogP contribution is 2.28. The van der Waals surface area contributed by atoms with Gasteiger partial charge in [0.15, 0.2) is 0 Å². The Hall–Kier alpha value is -0.990. The van der Waals surface area contributed by atoms with E-state index >= 15 is 0 Å². The van der Waals surface area contributed by atoms with Crippen LogP contribution in [0.1, 0.15) is 162 Å². The maximum atomic E-state index is 11.7. The fourth-order valence-corrected chi connectivity index (χ4v) is 6.42. The van der Waals surface area contributed by atoms with Gasteiger partial charge in [-0.3, -0.25) is 0 Å². The Morgan fingerprint density at radius 1 is 0.667 bits per heavy atom. The Kier molecular flexibility index (Phi) is 19.9. The molecule has 0 aromatic rings. The Morgan fingerprint density at radius 3 is 1.60 bits per heavy atom. The van der Waals surface area contributed by atoms with Gasteiger partial charge < -0.3 is 29.9 Å². The van der Waals surface area contributed by atoms with Crippen LogP contribution < -0.4 is 0 Å². The molecule has 1 saturated heterocycles. The first kappa shape index (κ1) is 37.2. The number of aliphatic hydroxyl groups excluding tert-OH is 4. The summed E-state index contributed by atoms with van der Waals surface area (Å²) in [6.07, 6.45) is 22.4. The minimum atomic E-state index is -0.551. The molecule has 0 unspecified atom stereocenters. The number of unbranched alkanes of at least 4 members (excludes halogenated alkanes) is 12. The molecule has 0 aliphatic carbocycles. The molecule has 0 spiro atoms. The third-order valence-electron chi connectivity index (χ3n) is 9.11. The highest BCUT2D eigenvalue weighted by atomic mass is 16.5. The molecule has 2 aliphatic rings. The summed E-state index contributed by atoms with van der Waals surface area (Å²) in [7, 11) is 0. The molecular weight excluding hydrogens is 532 g/mol. The quantitative estimate of drug-likeness (QED) is 0.0624. The normalized spacial score (nSPS) is 23.5. The number of ether oxygens (including phenoxy) is 2. The van der Waals surface area contributed by atoms with Gasteiger partial charge in [-0.2, -0.15) is 0 Å². The monoisotopic (exact) mass is 596 g/mol. The van der Waals surface area contributed by atoms with E-state index in [-0.39, 0.29) is 30.4 Å². The second kappa shape index (κ2) is 22.5. The first-order valence-electron chi connectivity index (χ1n) is 17.6. The number of esters is 1. The van der Waals surface area contributed by atoms with Crippen molar-refractivity contribution in [2.24, 2.45) is 0 Å². The summed E-state index contributed by atoms with van der Waals surface area (Å²) >= 11 is 0. The zero-order valence-electron chi connectivity index (χ0n) is 26.9. The minimum absolute atomic E-state index is 0.139. The molecule has 0 aromatic carbocycles. The number of rotatable bonds is 26. The van der Waals surface area contributed by atoms with Crippen LogP contribution in [0, 0.1) is 0 Å². The van der Waals surface area contributed by atoms with Gasteiger partial charge in [0.1, 0.15) is 6.10 Å². The van der Waals surface area contributed by atoms with Crippen molar-refractivity contribution in [1.82, 2.24) is 0 Å². The lowest BCUT2D eigenvalue weighted by Crippen LogP contribution is -2.31. The zero-order valence-corrected chi connectivity index (χ0v) is 26.9. The molecule has 1 fully saturated rings. The highest BCUT2D eigenvalue weighted by molar-refractivity contribution is 5.90. The van der Waals surface area contributed by atoms with Crippen molar-refractivity contribution in [1.29, 1.82) is 0 Å². The van der Waals surface area contributed by atoms with Gasteiger partial charge in [0.25, 0.3) is 0 Å². The standard InChI is InChI=1S/C35H64O7/c1-3-4-5-6-7-8-9-10-11-14-21-31(38)33-23-24-34(42-33)32(39)22-15-12-13-18-29(36)19-16-17-20-30(37)26-28-25-27(2)41-35(28)40/h25,27,29-34,36-39H,3-24,26H2,1-2H3/t27-,29-,30+,31+,32+,33+,34+/m0/s1. The second-order valence-corrected chi connectivity index (χ2v) is 13.1. The lowest BCUT2D eigenvalue weighted by molar-refractivity contribution is -0.139. The second-order valence-electron chi connectivity index (χ2n) is 13.1. The van der Waals surface area contributed by atoms with Gasteiger partial charge in [0.2, 0.25) is 0 Å². The Labute approximate surface area is 256 Å². The van der Waals surface area contributed by atoms with Crippen LogP contribution in [0.5, 0.6) is 0 Å². The molecule has 7 nitrogen and oxygen atoms in total. The van der Waals surface area contributed by atoms with Crippen molar-refractivity contribution in [3.8, 4) is 0 Å². The molecule has 2 rings (SSSR count). The van der Waals surface area contributed by atoms with E-state index in [1.165, 1.54) is 57.8 Å². The highest BCUT2D eigenvalue weighted by Gasteiger charge is 2.34. The van der Waals surface area contributed by atoms with Crippen molar-refractivity contribution in [2.75, 3.05) is 0 Å². The fourth-order valence-electron chi connectivity index (χ4n) is 6.42. The summed E-state index contributed by atoms with van der Waals surface area (Å²) < 4.78 is 11.1. The van der Waals surface area contributed by atoms with Gasteiger partial charge in [-0.05, 0) is 57.9 Å². The van der Waals surface area contributed by atoms with Crippen molar-refractivity contribution in [2.45, 2.75) is 204 Å². The Balaban J connectivity index is 1.41. The third kappa shape index (κ3) is 16.2. The van der Waals surface area contributed by atoms with E-state index in [4.69, 9.17) is 9.47 Å². The Morgan fingerprint density at radius 2 is 1.10 bits per heavy atom. The Bertz CT molecular complexity index is 726. The number of aliphatic hydroxyl groups is 4. The summed E-state index contributed by atoms with van der Waals surface area (Å²) in [6.45, 7) is 4.07. The number of carbonyl (C=O) groups is 1. The van der Waals surface area contributed by atoms with Gasteiger partial charge in [0, 0.05) is 12.0 Å². The SMILES string of the molecule is CCCCCCCCCCCC[C@@H](O)[C@H]1CC[C@H]([C@H](O)CCCCC[C@H](O)CCCC[C@@H](O)CC2=C[C@H](C)OC2=O)O1. The first-order chi connectivity index (χ1) is 20.3. The molecule has 0 amide bonds. The van der Waals surface area contributed by atoms with Gasteiger partial charge in [-0.1, -0.05) is 103 Å². The van der Waals surface area contributed by atoms with Crippen LogP contribution in [0.4, 0.5) is 0 Å². The molecule has 7 atom stereocenters. The summed E-state index contributed by atoms with van der Waals surface area (Å²) in [6, 6.07) is 0. The van der Waals surface area contributed by atoms with Crippen LogP contribution in [-0.4, -0.2) is 69.1 Å². The van der Waals surface area contributed by atoms with Crippen molar-refractivity contribution < 1.29 is 34.7 Å². The van der Waals surface area contributed by atoms with E-state index in [1.807, 2.05) is 6.92 Å². The molecule has 7 heteroatoms. The predicted octanol–water partition coefficient (Wildman–Crippen LogP) is 7.06. The molecule has 0 saturated carbocycles. The molecule has 2 aliphatic heterocycles. The van der Waals surface area contributed by atoms with Gasteiger partial charge in [0.05, 0.1) is 36.6 Å². The summed E-state index contributed by atoms with van der Waals surface area (Å²) in [5.74, 6) is -0.321. The molecule has 2 heterocycles. The van der Waals surface area contributed by atoms with Gasteiger partial charge in [-0.25, -0.2) is 4.79 Å². The van der Waals surface area contributed by atoms with Crippen molar-refractivity contribution in [3.63, 3.8) is 0 Å². The van der Waals surface area contributed by atoms with Gasteiger partial charge in [-0.15, -0.1) is 0 Å².